The molecular formula is C16H24N4. The van der Waals surface area contributed by atoms with Gasteiger partial charge in [0.05, 0.1) is 13.1 Å². The van der Waals surface area contributed by atoms with Gasteiger partial charge < -0.3 is 15.5 Å². The van der Waals surface area contributed by atoms with Gasteiger partial charge in [-0.25, -0.2) is 0 Å². The Morgan fingerprint density at radius 3 is 2.70 bits per heavy atom. The molecular weight excluding hydrogens is 248 g/mol. The van der Waals surface area contributed by atoms with E-state index in [0.717, 1.165) is 32.1 Å². The van der Waals surface area contributed by atoms with Gasteiger partial charge in [0.15, 0.2) is 5.96 Å². The van der Waals surface area contributed by atoms with E-state index >= 15 is 0 Å². The first kappa shape index (κ1) is 16.1. The summed E-state index contributed by atoms with van der Waals surface area (Å²) >= 11 is 0. The minimum atomic E-state index is 0.492. The van der Waals surface area contributed by atoms with Gasteiger partial charge in [0.1, 0.15) is 0 Å². The monoisotopic (exact) mass is 272 g/mol. The van der Waals surface area contributed by atoms with Crippen LogP contribution in [0.25, 0.3) is 0 Å². The molecule has 0 bridgehead atoms. The highest BCUT2D eigenvalue weighted by Gasteiger charge is 2.00. The van der Waals surface area contributed by atoms with Crippen LogP contribution in [0.15, 0.2) is 35.3 Å². The molecule has 1 aromatic rings. The van der Waals surface area contributed by atoms with Crippen LogP contribution in [0.1, 0.15) is 12.5 Å². The molecule has 20 heavy (non-hydrogen) atoms. The van der Waals surface area contributed by atoms with Gasteiger partial charge in [-0.1, -0.05) is 36.3 Å². The minimum Gasteiger partial charge on any atom is -0.357 e. The van der Waals surface area contributed by atoms with Crippen LogP contribution in [0, 0.1) is 12.3 Å². The number of hydrogen-bond donors (Lipinski definition) is 2. The van der Waals surface area contributed by atoms with E-state index in [1.54, 1.807) is 0 Å². The Morgan fingerprint density at radius 2 is 2.05 bits per heavy atom. The number of hydrogen-bond acceptors (Lipinski definition) is 2. The van der Waals surface area contributed by atoms with Crippen molar-refractivity contribution in [1.29, 1.82) is 0 Å². The molecule has 1 aromatic carbocycles. The van der Waals surface area contributed by atoms with Crippen molar-refractivity contribution in [3.63, 3.8) is 0 Å². The van der Waals surface area contributed by atoms with Crippen LogP contribution in [0.2, 0.25) is 0 Å². The lowest BCUT2D eigenvalue weighted by Gasteiger charge is -2.16. The second kappa shape index (κ2) is 9.88. The zero-order valence-electron chi connectivity index (χ0n) is 12.4. The first-order chi connectivity index (χ1) is 9.76. The van der Waals surface area contributed by atoms with Gasteiger partial charge in [0, 0.05) is 19.6 Å². The van der Waals surface area contributed by atoms with Gasteiger partial charge in [0.25, 0.3) is 0 Å². The predicted molar refractivity (Wildman–Crippen MR) is 85.6 cm³/mol. The largest absolute Gasteiger partial charge is 0.357 e. The summed E-state index contributed by atoms with van der Waals surface area (Å²) in [6.45, 7) is 5.94. The van der Waals surface area contributed by atoms with Crippen molar-refractivity contribution < 1.29 is 0 Å². The molecule has 2 N–H and O–H groups in total. The standard InChI is InChI=1S/C16H24N4/c1-4-11-18-16(17-5-2)19-12-13-20(3)14-15-9-7-6-8-10-15/h1,6-10H,5,11-14H2,2-3H3,(H2,17,18,19). The van der Waals surface area contributed by atoms with Gasteiger partial charge in [-0.05, 0) is 19.5 Å². The quantitative estimate of drug-likeness (QED) is 0.446. The summed E-state index contributed by atoms with van der Waals surface area (Å²) in [5.74, 6) is 3.32. The van der Waals surface area contributed by atoms with Crippen molar-refractivity contribution in [3.8, 4) is 12.3 Å². The average Bonchev–Trinajstić information content (AvgIpc) is 2.45. The lowest BCUT2D eigenvalue weighted by molar-refractivity contribution is 0.336. The Bertz CT molecular complexity index is 434. The van der Waals surface area contributed by atoms with Crippen LogP contribution in [0.5, 0.6) is 0 Å². The molecule has 0 saturated heterocycles. The highest BCUT2D eigenvalue weighted by atomic mass is 15.2. The zero-order chi connectivity index (χ0) is 14.6. The zero-order valence-corrected chi connectivity index (χ0v) is 12.4. The number of aliphatic imine (C=N–C) groups is 1. The van der Waals surface area contributed by atoms with Crippen LogP contribution < -0.4 is 10.6 Å². The molecule has 0 aromatic heterocycles. The number of likely N-dealkylation sites (N-methyl/N-ethyl adjacent to an activating group) is 1. The van der Waals surface area contributed by atoms with Crippen LogP contribution >= 0.6 is 0 Å². The summed E-state index contributed by atoms with van der Waals surface area (Å²) in [4.78, 5) is 6.74. The van der Waals surface area contributed by atoms with E-state index in [2.05, 4.69) is 57.8 Å². The van der Waals surface area contributed by atoms with Gasteiger partial charge in [-0.15, -0.1) is 6.42 Å². The normalized spacial score (nSPS) is 11.2. The predicted octanol–water partition coefficient (Wildman–Crippen LogP) is 1.31. The average molecular weight is 272 g/mol. The Balaban J connectivity index is 2.35. The van der Waals surface area contributed by atoms with Crippen molar-refractivity contribution in [2.45, 2.75) is 13.5 Å². The summed E-state index contributed by atoms with van der Waals surface area (Å²) in [5.41, 5.74) is 1.32. The van der Waals surface area contributed by atoms with E-state index < -0.39 is 0 Å². The van der Waals surface area contributed by atoms with E-state index in [1.807, 2.05) is 13.0 Å². The Kier molecular flexibility index (Phi) is 7.93. The maximum atomic E-state index is 5.23. The molecule has 0 aliphatic heterocycles. The van der Waals surface area contributed by atoms with Crippen molar-refractivity contribution in [2.24, 2.45) is 4.99 Å². The summed E-state index contributed by atoms with van der Waals surface area (Å²) < 4.78 is 0. The lowest BCUT2D eigenvalue weighted by atomic mass is 10.2. The Morgan fingerprint density at radius 1 is 1.30 bits per heavy atom. The lowest BCUT2D eigenvalue weighted by Crippen LogP contribution is -2.38. The summed E-state index contributed by atoms with van der Waals surface area (Å²) in [7, 11) is 2.10. The number of benzene rings is 1. The van der Waals surface area contributed by atoms with Crippen LogP contribution in [-0.4, -0.2) is 44.1 Å². The van der Waals surface area contributed by atoms with E-state index in [4.69, 9.17) is 6.42 Å². The third kappa shape index (κ3) is 6.81. The topological polar surface area (TPSA) is 39.7 Å². The van der Waals surface area contributed by atoms with Crippen molar-refractivity contribution in [1.82, 2.24) is 15.5 Å². The molecule has 0 aliphatic carbocycles. The molecule has 0 spiro atoms. The molecule has 0 aliphatic rings. The summed E-state index contributed by atoms with van der Waals surface area (Å²) in [6, 6.07) is 10.4. The number of guanidine groups is 1. The van der Waals surface area contributed by atoms with Gasteiger partial charge in [-0.3, -0.25) is 4.99 Å². The fourth-order valence-corrected chi connectivity index (χ4v) is 1.78. The van der Waals surface area contributed by atoms with Crippen LogP contribution in [-0.2, 0) is 6.54 Å². The van der Waals surface area contributed by atoms with Gasteiger partial charge in [-0.2, -0.15) is 0 Å². The number of terminal acetylenes is 1. The highest BCUT2D eigenvalue weighted by molar-refractivity contribution is 5.79. The van der Waals surface area contributed by atoms with Crippen molar-refractivity contribution in [3.05, 3.63) is 35.9 Å². The second-order valence-corrected chi connectivity index (χ2v) is 4.54. The van der Waals surface area contributed by atoms with Crippen LogP contribution in [0.4, 0.5) is 0 Å². The number of nitrogens with zero attached hydrogens (tertiary/aromatic N) is 2. The maximum absolute atomic E-state index is 5.23. The summed E-state index contributed by atoms with van der Waals surface area (Å²) in [6.07, 6.45) is 5.23. The third-order valence-corrected chi connectivity index (χ3v) is 2.75. The molecule has 0 unspecified atom stereocenters. The molecule has 108 valence electrons. The van der Waals surface area contributed by atoms with Gasteiger partial charge >= 0.3 is 0 Å². The molecule has 0 saturated carbocycles. The van der Waals surface area contributed by atoms with Gasteiger partial charge in [0.2, 0.25) is 0 Å². The van der Waals surface area contributed by atoms with Crippen LogP contribution in [0.3, 0.4) is 0 Å². The molecule has 0 fully saturated rings. The smallest absolute Gasteiger partial charge is 0.192 e. The first-order valence-electron chi connectivity index (χ1n) is 6.94. The van der Waals surface area contributed by atoms with E-state index in [9.17, 15) is 0 Å². The Hall–Kier alpha value is -1.99. The van der Waals surface area contributed by atoms with E-state index in [-0.39, 0.29) is 0 Å². The van der Waals surface area contributed by atoms with Crippen molar-refractivity contribution >= 4 is 5.96 Å². The fourth-order valence-electron chi connectivity index (χ4n) is 1.78. The Labute approximate surface area is 122 Å². The third-order valence-electron chi connectivity index (χ3n) is 2.75. The van der Waals surface area contributed by atoms with E-state index in [1.165, 1.54) is 5.56 Å². The SMILES string of the molecule is C#CCNC(=NCCN(C)Cc1ccccc1)NCC. The molecule has 0 heterocycles. The first-order valence-corrected chi connectivity index (χ1v) is 6.94. The minimum absolute atomic E-state index is 0.492. The fraction of sp³-hybridized carbons (Fsp3) is 0.438. The molecule has 0 radical (unpaired) electrons. The molecule has 4 heteroatoms. The summed E-state index contributed by atoms with van der Waals surface area (Å²) in [5, 5.41) is 6.24. The second-order valence-electron chi connectivity index (χ2n) is 4.54. The number of rotatable bonds is 7. The molecule has 0 amide bonds. The molecule has 0 atom stereocenters. The number of nitrogens with one attached hydrogen (secondary N) is 2. The maximum Gasteiger partial charge on any atom is 0.192 e. The molecule has 4 nitrogen and oxygen atoms in total. The highest BCUT2D eigenvalue weighted by Crippen LogP contribution is 2.01. The van der Waals surface area contributed by atoms with E-state index in [0.29, 0.717) is 6.54 Å². The molecule has 1 rings (SSSR count). The van der Waals surface area contributed by atoms with Crippen molar-refractivity contribution in [2.75, 3.05) is 33.2 Å².